The third-order valence-corrected chi connectivity index (χ3v) is 3.26. The van der Waals surface area contributed by atoms with Crippen molar-refractivity contribution < 1.29 is 9.53 Å². The molecule has 1 aliphatic carbocycles. The van der Waals surface area contributed by atoms with E-state index >= 15 is 0 Å². The van der Waals surface area contributed by atoms with E-state index in [-0.39, 0.29) is 12.2 Å². The lowest BCUT2D eigenvalue weighted by Gasteiger charge is -2.42. The van der Waals surface area contributed by atoms with Crippen molar-refractivity contribution in [3.8, 4) is 0 Å². The topological polar surface area (TPSA) is 29.5 Å². The number of rotatable bonds is 3. The summed E-state index contributed by atoms with van der Waals surface area (Å²) in [6, 6.07) is 0.392. The van der Waals surface area contributed by atoms with Gasteiger partial charge in [-0.3, -0.25) is 0 Å². The van der Waals surface area contributed by atoms with E-state index in [1.165, 1.54) is 0 Å². The molecule has 15 heavy (non-hydrogen) atoms. The lowest BCUT2D eigenvalue weighted by Crippen LogP contribution is -2.47. The van der Waals surface area contributed by atoms with Crippen LogP contribution in [0.2, 0.25) is 0 Å². The molecule has 0 aromatic rings. The number of ether oxygens (including phenoxy) is 1. The highest BCUT2D eigenvalue weighted by molar-refractivity contribution is 5.68. The molecule has 0 N–H and O–H groups in total. The minimum atomic E-state index is -0.183. The Bertz CT molecular complexity index is 220. The van der Waals surface area contributed by atoms with Gasteiger partial charge in [0.1, 0.15) is 0 Å². The van der Waals surface area contributed by atoms with E-state index < -0.39 is 0 Å². The zero-order chi connectivity index (χ0) is 11.6. The molecule has 0 heterocycles. The van der Waals surface area contributed by atoms with Crippen LogP contribution < -0.4 is 0 Å². The van der Waals surface area contributed by atoms with E-state index in [4.69, 9.17) is 4.74 Å². The van der Waals surface area contributed by atoms with Gasteiger partial charge in [0.25, 0.3) is 0 Å². The van der Waals surface area contributed by atoms with Crippen LogP contribution in [0.5, 0.6) is 0 Å². The predicted molar refractivity (Wildman–Crippen MR) is 60.7 cm³/mol. The van der Waals surface area contributed by atoms with Gasteiger partial charge in [0.2, 0.25) is 0 Å². The summed E-state index contributed by atoms with van der Waals surface area (Å²) < 4.78 is 5.15. The first-order chi connectivity index (χ1) is 6.91. The molecule has 88 valence electrons. The summed E-state index contributed by atoms with van der Waals surface area (Å²) in [4.78, 5) is 13.3. The molecule has 0 spiro atoms. The van der Waals surface area contributed by atoms with E-state index in [1.54, 1.807) is 4.90 Å². The van der Waals surface area contributed by atoms with E-state index in [0.717, 1.165) is 24.7 Å². The molecule has 0 aromatic heterocycles. The van der Waals surface area contributed by atoms with E-state index in [0.29, 0.717) is 6.04 Å². The SMILES string of the molecule is CC(C)OC(=O)N(C)[C@H]1C[C@H](C(C)C)C1. The van der Waals surface area contributed by atoms with Crippen LogP contribution in [0.25, 0.3) is 0 Å². The normalized spacial score (nSPS) is 25.3. The van der Waals surface area contributed by atoms with Gasteiger partial charge in [0, 0.05) is 13.1 Å². The highest BCUT2D eigenvalue weighted by atomic mass is 16.6. The Morgan fingerprint density at radius 2 is 1.80 bits per heavy atom. The molecule has 0 aliphatic heterocycles. The van der Waals surface area contributed by atoms with Gasteiger partial charge in [-0.2, -0.15) is 0 Å². The summed E-state index contributed by atoms with van der Waals surface area (Å²) in [6.07, 6.45) is 2.04. The van der Waals surface area contributed by atoms with Crippen LogP contribution in [0.15, 0.2) is 0 Å². The maximum Gasteiger partial charge on any atom is 0.410 e. The fourth-order valence-corrected chi connectivity index (χ4v) is 1.92. The molecule has 1 fully saturated rings. The molecular formula is C12H23NO2. The van der Waals surface area contributed by atoms with Crippen LogP contribution >= 0.6 is 0 Å². The first-order valence-electron chi connectivity index (χ1n) is 5.85. The van der Waals surface area contributed by atoms with Crippen LogP contribution in [-0.4, -0.2) is 30.2 Å². The molecule has 3 heteroatoms. The van der Waals surface area contributed by atoms with Crippen molar-refractivity contribution in [1.29, 1.82) is 0 Å². The Morgan fingerprint density at radius 3 is 2.20 bits per heavy atom. The molecular weight excluding hydrogens is 190 g/mol. The number of hydrogen-bond acceptors (Lipinski definition) is 2. The molecule has 0 aromatic carbocycles. The second kappa shape index (κ2) is 4.86. The average molecular weight is 213 g/mol. The lowest BCUT2D eigenvalue weighted by molar-refractivity contribution is 0.0353. The van der Waals surface area contributed by atoms with Crippen molar-refractivity contribution in [3.05, 3.63) is 0 Å². The summed E-state index contributed by atoms with van der Waals surface area (Å²) in [5.74, 6) is 1.51. The number of amides is 1. The van der Waals surface area contributed by atoms with Crippen molar-refractivity contribution in [2.45, 2.75) is 52.7 Å². The summed E-state index contributed by atoms with van der Waals surface area (Å²) >= 11 is 0. The van der Waals surface area contributed by atoms with Crippen LogP contribution in [-0.2, 0) is 4.74 Å². The zero-order valence-electron chi connectivity index (χ0n) is 10.5. The number of nitrogens with zero attached hydrogens (tertiary/aromatic N) is 1. The van der Waals surface area contributed by atoms with Crippen molar-refractivity contribution in [1.82, 2.24) is 4.90 Å². The first kappa shape index (κ1) is 12.3. The van der Waals surface area contributed by atoms with E-state index in [2.05, 4.69) is 13.8 Å². The molecule has 1 rings (SSSR count). The Kier molecular flexibility index (Phi) is 4.00. The smallest absolute Gasteiger partial charge is 0.410 e. The predicted octanol–water partition coefficient (Wildman–Crippen LogP) is 2.90. The standard InChI is InChI=1S/C12H23NO2/c1-8(2)10-6-11(7-10)13(5)12(14)15-9(3)4/h8-11H,6-7H2,1-5H3/t10-,11-. The number of carbonyl (C=O) groups excluding carboxylic acids is 1. The third kappa shape index (κ3) is 3.11. The largest absolute Gasteiger partial charge is 0.447 e. The maximum atomic E-state index is 11.6. The van der Waals surface area contributed by atoms with Crippen molar-refractivity contribution in [3.63, 3.8) is 0 Å². The van der Waals surface area contributed by atoms with E-state index in [9.17, 15) is 4.79 Å². The molecule has 0 saturated heterocycles. The van der Waals surface area contributed by atoms with Crippen molar-refractivity contribution in [2.75, 3.05) is 7.05 Å². The molecule has 0 atom stereocenters. The number of hydrogen-bond donors (Lipinski definition) is 0. The fourth-order valence-electron chi connectivity index (χ4n) is 1.92. The second-order valence-corrected chi connectivity index (χ2v) is 5.17. The van der Waals surface area contributed by atoms with Crippen LogP contribution in [0.3, 0.4) is 0 Å². The molecule has 1 amide bonds. The molecule has 1 aliphatic rings. The summed E-state index contributed by atoms with van der Waals surface area (Å²) in [6.45, 7) is 8.24. The quantitative estimate of drug-likeness (QED) is 0.721. The maximum absolute atomic E-state index is 11.6. The fraction of sp³-hybridized carbons (Fsp3) is 0.917. The highest BCUT2D eigenvalue weighted by Crippen LogP contribution is 2.36. The molecule has 3 nitrogen and oxygen atoms in total. The van der Waals surface area contributed by atoms with Crippen LogP contribution in [0, 0.1) is 11.8 Å². The van der Waals surface area contributed by atoms with Crippen molar-refractivity contribution in [2.24, 2.45) is 11.8 Å². The lowest BCUT2D eigenvalue weighted by atomic mass is 9.73. The van der Waals surface area contributed by atoms with Gasteiger partial charge in [-0.1, -0.05) is 13.8 Å². The molecule has 0 bridgehead atoms. The van der Waals surface area contributed by atoms with Gasteiger partial charge in [0.15, 0.2) is 0 Å². The Morgan fingerprint density at radius 1 is 1.27 bits per heavy atom. The van der Waals surface area contributed by atoms with E-state index in [1.807, 2.05) is 20.9 Å². The van der Waals surface area contributed by atoms with Crippen molar-refractivity contribution >= 4 is 6.09 Å². The van der Waals surface area contributed by atoms with Gasteiger partial charge in [-0.05, 0) is 38.5 Å². The summed E-state index contributed by atoms with van der Waals surface area (Å²) in [5.41, 5.74) is 0. The average Bonchev–Trinajstić information content (AvgIpc) is 1.98. The van der Waals surface area contributed by atoms with Gasteiger partial charge in [0.05, 0.1) is 6.10 Å². The second-order valence-electron chi connectivity index (χ2n) is 5.17. The third-order valence-electron chi connectivity index (χ3n) is 3.26. The van der Waals surface area contributed by atoms with Crippen LogP contribution in [0.4, 0.5) is 4.79 Å². The minimum absolute atomic E-state index is 0.0269. The Balaban J connectivity index is 2.31. The molecule has 1 saturated carbocycles. The zero-order valence-corrected chi connectivity index (χ0v) is 10.5. The van der Waals surface area contributed by atoms with Gasteiger partial charge in [-0.25, -0.2) is 4.79 Å². The van der Waals surface area contributed by atoms with Gasteiger partial charge in [-0.15, -0.1) is 0 Å². The Hall–Kier alpha value is -0.730. The summed E-state index contributed by atoms with van der Waals surface area (Å²) in [5, 5.41) is 0. The van der Waals surface area contributed by atoms with Crippen LogP contribution in [0.1, 0.15) is 40.5 Å². The minimum Gasteiger partial charge on any atom is -0.447 e. The molecule has 0 unspecified atom stereocenters. The summed E-state index contributed by atoms with van der Waals surface area (Å²) in [7, 11) is 1.84. The monoisotopic (exact) mass is 213 g/mol. The highest BCUT2D eigenvalue weighted by Gasteiger charge is 2.36. The number of carbonyl (C=O) groups is 1. The first-order valence-corrected chi connectivity index (χ1v) is 5.85. The van der Waals surface area contributed by atoms with Gasteiger partial charge >= 0.3 is 6.09 Å². The molecule has 0 radical (unpaired) electrons. The Labute approximate surface area is 92.8 Å². The van der Waals surface area contributed by atoms with Gasteiger partial charge < -0.3 is 9.64 Å².